The maximum Gasteiger partial charge on any atom is 0.254 e. The highest BCUT2D eigenvalue weighted by atomic mass is 19.1. The SMILES string of the molecule is COc1ccc(C(=O)NCC(C)(C)CO)c(F)c1. The predicted molar refractivity (Wildman–Crippen MR) is 66.2 cm³/mol. The Hall–Kier alpha value is -1.62. The molecule has 0 aliphatic rings. The van der Waals surface area contributed by atoms with E-state index in [-0.39, 0.29) is 18.7 Å². The average Bonchev–Trinajstić information content (AvgIpc) is 2.36. The fourth-order valence-corrected chi connectivity index (χ4v) is 1.28. The molecule has 18 heavy (non-hydrogen) atoms. The number of ether oxygens (including phenoxy) is 1. The van der Waals surface area contributed by atoms with Gasteiger partial charge in [-0.25, -0.2) is 4.39 Å². The molecule has 100 valence electrons. The number of hydrogen-bond acceptors (Lipinski definition) is 3. The molecule has 0 aromatic heterocycles. The van der Waals surface area contributed by atoms with E-state index in [4.69, 9.17) is 9.84 Å². The lowest BCUT2D eigenvalue weighted by atomic mass is 9.95. The van der Waals surface area contributed by atoms with E-state index in [0.717, 1.165) is 6.07 Å². The predicted octanol–water partition coefficient (Wildman–Crippen LogP) is 1.58. The topological polar surface area (TPSA) is 58.6 Å². The Balaban J connectivity index is 2.73. The standard InChI is InChI=1S/C13H18FNO3/c1-13(2,8-16)7-15-12(17)10-5-4-9(18-3)6-11(10)14/h4-6,16H,7-8H2,1-3H3,(H,15,17). The van der Waals surface area contributed by atoms with Crippen LogP contribution in [0, 0.1) is 11.2 Å². The minimum atomic E-state index is -0.631. The van der Waals surface area contributed by atoms with Crippen molar-refractivity contribution in [2.24, 2.45) is 5.41 Å². The van der Waals surface area contributed by atoms with Crippen molar-refractivity contribution in [3.8, 4) is 5.75 Å². The van der Waals surface area contributed by atoms with Crippen molar-refractivity contribution in [2.75, 3.05) is 20.3 Å². The maximum atomic E-state index is 13.6. The van der Waals surface area contributed by atoms with Crippen LogP contribution in [0.3, 0.4) is 0 Å². The van der Waals surface area contributed by atoms with Gasteiger partial charge in [0, 0.05) is 24.6 Å². The van der Waals surface area contributed by atoms with E-state index in [0.29, 0.717) is 5.75 Å². The molecule has 0 heterocycles. The van der Waals surface area contributed by atoms with Gasteiger partial charge in [0.2, 0.25) is 0 Å². The second-order valence-corrected chi connectivity index (χ2v) is 4.85. The number of methoxy groups -OCH3 is 1. The van der Waals surface area contributed by atoms with Crippen molar-refractivity contribution in [1.29, 1.82) is 0 Å². The first-order valence-electron chi connectivity index (χ1n) is 5.62. The van der Waals surface area contributed by atoms with Gasteiger partial charge < -0.3 is 15.2 Å². The zero-order valence-corrected chi connectivity index (χ0v) is 10.8. The van der Waals surface area contributed by atoms with Crippen molar-refractivity contribution in [3.63, 3.8) is 0 Å². The lowest BCUT2D eigenvalue weighted by Crippen LogP contribution is -2.36. The van der Waals surface area contributed by atoms with Crippen LogP contribution in [-0.2, 0) is 0 Å². The van der Waals surface area contributed by atoms with Crippen molar-refractivity contribution in [1.82, 2.24) is 5.32 Å². The van der Waals surface area contributed by atoms with Gasteiger partial charge >= 0.3 is 0 Å². The van der Waals surface area contributed by atoms with Crippen LogP contribution in [0.4, 0.5) is 4.39 Å². The molecule has 2 N–H and O–H groups in total. The van der Waals surface area contributed by atoms with Crippen molar-refractivity contribution < 1.29 is 19.0 Å². The second kappa shape index (κ2) is 5.82. The van der Waals surface area contributed by atoms with Crippen LogP contribution in [0.5, 0.6) is 5.75 Å². The summed E-state index contributed by atoms with van der Waals surface area (Å²) in [5, 5.41) is 11.6. The quantitative estimate of drug-likeness (QED) is 0.840. The first-order valence-corrected chi connectivity index (χ1v) is 5.62. The summed E-state index contributed by atoms with van der Waals surface area (Å²) >= 11 is 0. The number of carbonyl (C=O) groups excluding carboxylic acids is 1. The highest BCUT2D eigenvalue weighted by Crippen LogP contribution is 2.17. The third-order valence-corrected chi connectivity index (χ3v) is 2.58. The van der Waals surface area contributed by atoms with Crippen LogP contribution in [0.15, 0.2) is 18.2 Å². The van der Waals surface area contributed by atoms with Crippen molar-refractivity contribution in [3.05, 3.63) is 29.6 Å². The van der Waals surface area contributed by atoms with E-state index in [1.165, 1.54) is 19.2 Å². The van der Waals surface area contributed by atoms with Crippen LogP contribution < -0.4 is 10.1 Å². The van der Waals surface area contributed by atoms with Crippen molar-refractivity contribution in [2.45, 2.75) is 13.8 Å². The fraction of sp³-hybridized carbons (Fsp3) is 0.462. The molecular formula is C13H18FNO3. The summed E-state index contributed by atoms with van der Waals surface area (Å²) in [5.74, 6) is -0.773. The number of hydrogen-bond donors (Lipinski definition) is 2. The number of halogens is 1. The van der Waals surface area contributed by atoms with Crippen LogP contribution in [-0.4, -0.2) is 31.3 Å². The van der Waals surface area contributed by atoms with Gasteiger partial charge in [0.25, 0.3) is 5.91 Å². The van der Waals surface area contributed by atoms with Gasteiger partial charge in [-0.15, -0.1) is 0 Å². The zero-order chi connectivity index (χ0) is 13.8. The molecule has 0 fully saturated rings. The molecule has 0 saturated heterocycles. The number of nitrogens with one attached hydrogen (secondary N) is 1. The highest BCUT2D eigenvalue weighted by Gasteiger charge is 2.19. The average molecular weight is 255 g/mol. The Morgan fingerprint density at radius 2 is 2.17 bits per heavy atom. The van der Waals surface area contributed by atoms with Crippen LogP contribution >= 0.6 is 0 Å². The van der Waals surface area contributed by atoms with Crippen LogP contribution in [0.25, 0.3) is 0 Å². The lowest BCUT2D eigenvalue weighted by Gasteiger charge is -2.21. The Labute approximate surface area is 106 Å². The molecule has 0 atom stereocenters. The number of amides is 1. The van der Waals surface area contributed by atoms with E-state index in [2.05, 4.69) is 5.32 Å². The molecule has 0 radical (unpaired) electrons. The first kappa shape index (κ1) is 14.4. The molecule has 0 aliphatic carbocycles. The molecule has 1 rings (SSSR count). The third kappa shape index (κ3) is 3.70. The molecule has 0 aliphatic heterocycles. The Kier molecular flexibility index (Phi) is 4.67. The Morgan fingerprint density at radius 1 is 1.50 bits per heavy atom. The Bertz CT molecular complexity index is 432. The molecule has 1 aromatic carbocycles. The molecule has 4 nitrogen and oxygen atoms in total. The number of aliphatic hydroxyl groups excluding tert-OH is 1. The maximum absolute atomic E-state index is 13.6. The van der Waals surface area contributed by atoms with Gasteiger partial charge in [-0.1, -0.05) is 13.8 Å². The number of rotatable bonds is 5. The highest BCUT2D eigenvalue weighted by molar-refractivity contribution is 5.94. The van der Waals surface area contributed by atoms with Crippen molar-refractivity contribution >= 4 is 5.91 Å². The van der Waals surface area contributed by atoms with Gasteiger partial charge in [-0.2, -0.15) is 0 Å². The molecule has 1 aromatic rings. The minimum absolute atomic E-state index is 0.0375. The van der Waals surface area contributed by atoms with Gasteiger partial charge in [0.05, 0.1) is 12.7 Å². The third-order valence-electron chi connectivity index (χ3n) is 2.58. The molecule has 1 amide bonds. The number of aliphatic hydroxyl groups is 1. The van der Waals surface area contributed by atoms with Crippen LogP contribution in [0.1, 0.15) is 24.2 Å². The molecule has 0 unspecified atom stereocenters. The van der Waals surface area contributed by atoms with E-state index in [9.17, 15) is 9.18 Å². The number of carbonyl (C=O) groups is 1. The van der Waals surface area contributed by atoms with E-state index in [1.54, 1.807) is 13.8 Å². The smallest absolute Gasteiger partial charge is 0.254 e. The van der Waals surface area contributed by atoms with E-state index in [1.807, 2.05) is 0 Å². The summed E-state index contributed by atoms with van der Waals surface area (Å²) < 4.78 is 18.5. The normalized spacial score (nSPS) is 11.2. The van der Waals surface area contributed by atoms with E-state index < -0.39 is 17.1 Å². The Morgan fingerprint density at radius 3 is 2.67 bits per heavy atom. The molecule has 0 saturated carbocycles. The number of benzene rings is 1. The first-order chi connectivity index (χ1) is 8.39. The molecule has 5 heteroatoms. The molecule has 0 bridgehead atoms. The van der Waals surface area contributed by atoms with Gasteiger partial charge in [-0.3, -0.25) is 4.79 Å². The monoisotopic (exact) mass is 255 g/mol. The minimum Gasteiger partial charge on any atom is -0.497 e. The summed E-state index contributed by atoms with van der Waals surface area (Å²) in [4.78, 5) is 11.8. The summed E-state index contributed by atoms with van der Waals surface area (Å²) in [6.07, 6.45) is 0. The zero-order valence-electron chi connectivity index (χ0n) is 10.8. The molecule has 0 spiro atoms. The van der Waals surface area contributed by atoms with Gasteiger partial charge in [0.1, 0.15) is 11.6 Å². The summed E-state index contributed by atoms with van der Waals surface area (Å²) in [6, 6.07) is 4.05. The molecular weight excluding hydrogens is 237 g/mol. The van der Waals surface area contributed by atoms with Gasteiger partial charge in [0.15, 0.2) is 0 Å². The largest absolute Gasteiger partial charge is 0.497 e. The summed E-state index contributed by atoms with van der Waals surface area (Å²) in [7, 11) is 1.43. The fourth-order valence-electron chi connectivity index (χ4n) is 1.28. The summed E-state index contributed by atoms with van der Waals surface area (Å²) in [6.45, 7) is 3.82. The second-order valence-electron chi connectivity index (χ2n) is 4.85. The van der Waals surface area contributed by atoms with Gasteiger partial charge in [-0.05, 0) is 12.1 Å². The summed E-state index contributed by atoms with van der Waals surface area (Å²) in [5.41, 5.74) is -0.469. The van der Waals surface area contributed by atoms with Crippen LogP contribution in [0.2, 0.25) is 0 Å². The van der Waals surface area contributed by atoms with E-state index >= 15 is 0 Å². The lowest BCUT2D eigenvalue weighted by molar-refractivity contribution is 0.0907.